The van der Waals surface area contributed by atoms with Crippen LogP contribution in [-0.4, -0.2) is 30.3 Å². The number of pyridine rings is 1. The summed E-state index contributed by atoms with van der Waals surface area (Å²) < 4.78 is 34.4. The highest BCUT2D eigenvalue weighted by atomic mass is 32.2. The Bertz CT molecular complexity index is 908. The van der Waals surface area contributed by atoms with Gasteiger partial charge in [-0.25, -0.2) is 18.1 Å². The number of aromatic nitrogens is 3. The standard InChI is InChI=1S/C15H14N4O3S/c1-22-13-7-2-3-8-14(13)23(20,21)18-12-6-4-9-16-15(12)19-11-5-10-17-19/h2-11,18H,1H3. The summed E-state index contributed by atoms with van der Waals surface area (Å²) in [6.45, 7) is 0. The highest BCUT2D eigenvalue weighted by molar-refractivity contribution is 7.92. The van der Waals surface area contributed by atoms with Crippen LogP contribution in [0.3, 0.4) is 0 Å². The maximum atomic E-state index is 12.7. The molecule has 0 aliphatic rings. The summed E-state index contributed by atoms with van der Waals surface area (Å²) in [7, 11) is -2.40. The molecule has 0 saturated carbocycles. The summed E-state index contributed by atoms with van der Waals surface area (Å²) in [6.07, 6.45) is 4.84. The number of hydrogen-bond acceptors (Lipinski definition) is 5. The zero-order valence-corrected chi connectivity index (χ0v) is 13.1. The van der Waals surface area contributed by atoms with Gasteiger partial charge in [0.2, 0.25) is 0 Å². The quantitative estimate of drug-likeness (QED) is 0.774. The number of anilines is 1. The summed E-state index contributed by atoms with van der Waals surface area (Å²) in [5.74, 6) is 0.653. The van der Waals surface area contributed by atoms with Gasteiger partial charge in [-0.2, -0.15) is 5.10 Å². The molecule has 8 heteroatoms. The minimum Gasteiger partial charge on any atom is -0.495 e. The third-order valence-corrected chi connectivity index (χ3v) is 4.52. The summed E-state index contributed by atoms with van der Waals surface area (Å²) in [5, 5.41) is 4.08. The minimum absolute atomic E-state index is 0.0535. The average molecular weight is 330 g/mol. The Labute approximate surface area is 133 Å². The first-order valence-corrected chi connectivity index (χ1v) is 8.21. The van der Waals surface area contributed by atoms with E-state index in [4.69, 9.17) is 4.74 Å². The number of methoxy groups -OCH3 is 1. The van der Waals surface area contributed by atoms with Crippen LogP contribution in [0.5, 0.6) is 5.75 Å². The normalized spacial score (nSPS) is 11.2. The van der Waals surface area contributed by atoms with Crippen LogP contribution < -0.4 is 9.46 Å². The molecule has 0 saturated heterocycles. The van der Waals surface area contributed by atoms with Crippen molar-refractivity contribution in [1.29, 1.82) is 0 Å². The van der Waals surface area contributed by atoms with Gasteiger partial charge < -0.3 is 4.74 Å². The molecule has 23 heavy (non-hydrogen) atoms. The second-order valence-corrected chi connectivity index (χ2v) is 6.23. The summed E-state index contributed by atoms with van der Waals surface area (Å²) in [4.78, 5) is 4.24. The predicted octanol–water partition coefficient (Wildman–Crippen LogP) is 2.08. The van der Waals surface area contributed by atoms with Gasteiger partial charge in [0.05, 0.1) is 12.8 Å². The molecule has 0 amide bonds. The van der Waals surface area contributed by atoms with Gasteiger partial charge in [0, 0.05) is 18.6 Å². The van der Waals surface area contributed by atoms with Crippen molar-refractivity contribution in [2.75, 3.05) is 11.8 Å². The topological polar surface area (TPSA) is 86.1 Å². The van der Waals surface area contributed by atoms with Crippen molar-refractivity contribution in [2.45, 2.75) is 4.90 Å². The maximum absolute atomic E-state index is 12.7. The number of hydrogen-bond donors (Lipinski definition) is 1. The van der Waals surface area contributed by atoms with E-state index < -0.39 is 10.0 Å². The van der Waals surface area contributed by atoms with Crippen LogP contribution in [0.25, 0.3) is 5.82 Å². The molecule has 1 aromatic carbocycles. The van der Waals surface area contributed by atoms with Crippen molar-refractivity contribution in [3.05, 3.63) is 61.1 Å². The Morgan fingerprint density at radius 3 is 2.65 bits per heavy atom. The Hall–Kier alpha value is -2.87. The van der Waals surface area contributed by atoms with Crippen LogP contribution in [0.15, 0.2) is 66.0 Å². The van der Waals surface area contributed by atoms with E-state index >= 15 is 0 Å². The Morgan fingerprint density at radius 2 is 1.91 bits per heavy atom. The van der Waals surface area contributed by atoms with Gasteiger partial charge in [0.15, 0.2) is 5.82 Å². The lowest BCUT2D eigenvalue weighted by molar-refractivity contribution is 0.403. The highest BCUT2D eigenvalue weighted by Gasteiger charge is 2.21. The fraction of sp³-hybridized carbons (Fsp3) is 0.0667. The van der Waals surface area contributed by atoms with Crippen molar-refractivity contribution in [3.8, 4) is 11.6 Å². The Balaban J connectivity index is 2.02. The van der Waals surface area contributed by atoms with Crippen molar-refractivity contribution in [1.82, 2.24) is 14.8 Å². The smallest absolute Gasteiger partial charge is 0.265 e. The zero-order valence-electron chi connectivity index (χ0n) is 12.2. The first kappa shape index (κ1) is 15.0. The van der Waals surface area contributed by atoms with Crippen molar-refractivity contribution < 1.29 is 13.2 Å². The van der Waals surface area contributed by atoms with Gasteiger partial charge in [0.1, 0.15) is 10.6 Å². The lowest BCUT2D eigenvalue weighted by Crippen LogP contribution is -2.16. The number of rotatable bonds is 5. The third-order valence-electron chi connectivity index (χ3n) is 3.11. The summed E-state index contributed by atoms with van der Waals surface area (Å²) >= 11 is 0. The second kappa shape index (κ2) is 6.09. The second-order valence-electron chi connectivity index (χ2n) is 4.58. The molecular weight excluding hydrogens is 316 g/mol. The molecule has 7 nitrogen and oxygen atoms in total. The van der Waals surface area contributed by atoms with E-state index in [0.29, 0.717) is 11.5 Å². The molecule has 2 heterocycles. The Kier molecular flexibility index (Phi) is 3.98. The monoisotopic (exact) mass is 330 g/mol. The molecule has 0 fully saturated rings. The fourth-order valence-corrected chi connectivity index (χ4v) is 3.33. The van der Waals surface area contributed by atoms with Gasteiger partial charge in [-0.3, -0.25) is 4.72 Å². The zero-order chi connectivity index (χ0) is 16.3. The minimum atomic E-state index is -3.83. The van der Waals surface area contributed by atoms with Crippen LogP contribution in [0.2, 0.25) is 0 Å². The van der Waals surface area contributed by atoms with Crippen LogP contribution in [0.4, 0.5) is 5.69 Å². The first-order chi connectivity index (χ1) is 11.1. The molecule has 0 bridgehead atoms. The van der Waals surface area contributed by atoms with Crippen LogP contribution in [0, 0.1) is 0 Å². The molecule has 0 unspecified atom stereocenters. The Morgan fingerprint density at radius 1 is 1.09 bits per heavy atom. The van der Waals surface area contributed by atoms with E-state index in [0.717, 1.165) is 0 Å². The largest absolute Gasteiger partial charge is 0.495 e. The maximum Gasteiger partial charge on any atom is 0.265 e. The lowest BCUT2D eigenvalue weighted by Gasteiger charge is -2.13. The number of para-hydroxylation sites is 1. The van der Waals surface area contributed by atoms with Crippen molar-refractivity contribution >= 4 is 15.7 Å². The van der Waals surface area contributed by atoms with Crippen LogP contribution in [0.1, 0.15) is 0 Å². The van der Waals surface area contributed by atoms with E-state index in [9.17, 15) is 8.42 Å². The van der Waals surface area contributed by atoms with Crippen LogP contribution in [-0.2, 0) is 10.0 Å². The summed E-state index contributed by atoms with van der Waals surface area (Å²) in [6, 6.07) is 11.4. The lowest BCUT2D eigenvalue weighted by atomic mass is 10.3. The van der Waals surface area contributed by atoms with E-state index in [2.05, 4.69) is 14.8 Å². The molecule has 2 aromatic heterocycles. The molecule has 0 aliphatic carbocycles. The van der Waals surface area contributed by atoms with Crippen LogP contribution >= 0.6 is 0 Å². The van der Waals surface area contributed by atoms with Crippen molar-refractivity contribution in [3.63, 3.8) is 0 Å². The van der Waals surface area contributed by atoms with E-state index in [1.807, 2.05) is 0 Å². The van der Waals surface area contributed by atoms with Gasteiger partial charge in [-0.15, -0.1) is 0 Å². The van der Waals surface area contributed by atoms with E-state index in [1.165, 1.54) is 17.9 Å². The number of benzene rings is 1. The SMILES string of the molecule is COc1ccccc1S(=O)(=O)Nc1cccnc1-n1cccn1. The average Bonchev–Trinajstić information content (AvgIpc) is 3.09. The molecule has 1 N–H and O–H groups in total. The van der Waals surface area contributed by atoms with Gasteiger partial charge >= 0.3 is 0 Å². The molecule has 0 aliphatic heterocycles. The third kappa shape index (κ3) is 3.02. The molecule has 0 spiro atoms. The number of nitrogens with one attached hydrogen (secondary N) is 1. The molecule has 0 radical (unpaired) electrons. The fourth-order valence-electron chi connectivity index (χ4n) is 2.09. The van der Waals surface area contributed by atoms with E-state index in [1.54, 1.807) is 55.0 Å². The number of nitrogens with zero attached hydrogens (tertiary/aromatic N) is 3. The number of sulfonamides is 1. The van der Waals surface area contributed by atoms with E-state index in [-0.39, 0.29) is 10.6 Å². The first-order valence-electron chi connectivity index (χ1n) is 6.73. The predicted molar refractivity (Wildman–Crippen MR) is 85.2 cm³/mol. The molecule has 3 rings (SSSR count). The molecular formula is C15H14N4O3S. The van der Waals surface area contributed by atoms with Crippen molar-refractivity contribution in [2.24, 2.45) is 0 Å². The molecule has 118 valence electrons. The number of ether oxygens (including phenoxy) is 1. The highest BCUT2D eigenvalue weighted by Crippen LogP contribution is 2.26. The van der Waals surface area contributed by atoms with Gasteiger partial charge in [-0.05, 0) is 30.3 Å². The van der Waals surface area contributed by atoms with Gasteiger partial charge in [-0.1, -0.05) is 12.1 Å². The molecule has 3 aromatic rings. The summed E-state index contributed by atoms with van der Waals surface area (Å²) in [5.41, 5.74) is 0.321. The van der Waals surface area contributed by atoms with Gasteiger partial charge in [0.25, 0.3) is 10.0 Å². The molecule has 0 atom stereocenters.